The first-order valence-corrected chi connectivity index (χ1v) is 8.48. The van der Waals surface area contributed by atoms with E-state index in [1.165, 1.54) is 4.90 Å². The molecule has 7 nitrogen and oxygen atoms in total. The zero-order chi connectivity index (χ0) is 15.3. The Balaban J connectivity index is 2.59. The molecule has 0 aliphatic carbocycles. The van der Waals surface area contributed by atoms with Crippen LogP contribution in [0.1, 0.15) is 26.7 Å². The molecule has 1 fully saturated rings. The van der Waals surface area contributed by atoms with E-state index in [1.54, 1.807) is 0 Å². The molecule has 1 aliphatic heterocycles. The molecule has 0 aromatic carbocycles. The van der Waals surface area contributed by atoms with Crippen LogP contribution in [0.25, 0.3) is 0 Å². The molecule has 20 heavy (non-hydrogen) atoms. The van der Waals surface area contributed by atoms with Crippen LogP contribution in [0.2, 0.25) is 0 Å². The van der Waals surface area contributed by atoms with Crippen LogP contribution in [0.5, 0.6) is 0 Å². The highest BCUT2D eigenvalue weighted by Gasteiger charge is 2.28. The first-order valence-electron chi connectivity index (χ1n) is 6.66. The van der Waals surface area contributed by atoms with Crippen LogP contribution in [0, 0.1) is 0 Å². The highest BCUT2D eigenvalue weighted by atomic mass is 32.2. The summed E-state index contributed by atoms with van der Waals surface area (Å²) in [7, 11) is -3.08. The first-order chi connectivity index (χ1) is 9.21. The Morgan fingerprint density at radius 3 is 2.55 bits per heavy atom. The molecule has 1 rings (SSSR count). The highest BCUT2D eigenvalue weighted by Crippen LogP contribution is 2.10. The number of carbonyl (C=O) groups is 2. The number of aliphatic carboxylic acids is 1. The zero-order valence-electron chi connectivity index (χ0n) is 11.8. The molecule has 1 saturated heterocycles. The van der Waals surface area contributed by atoms with Gasteiger partial charge in [-0.2, -0.15) is 0 Å². The molecule has 1 unspecified atom stereocenters. The fourth-order valence-corrected chi connectivity index (χ4v) is 3.66. The van der Waals surface area contributed by atoms with Crippen LogP contribution in [0.3, 0.4) is 0 Å². The van der Waals surface area contributed by atoms with E-state index in [1.807, 2.05) is 13.8 Å². The van der Waals surface area contributed by atoms with Gasteiger partial charge in [0, 0.05) is 31.6 Å². The van der Waals surface area contributed by atoms with Crippen molar-refractivity contribution in [3.05, 3.63) is 0 Å². The number of carboxylic acids is 1. The Morgan fingerprint density at radius 2 is 2.05 bits per heavy atom. The molecular weight excluding hydrogens is 284 g/mol. The van der Waals surface area contributed by atoms with Crippen molar-refractivity contribution in [2.45, 2.75) is 38.8 Å². The fourth-order valence-electron chi connectivity index (χ4n) is 2.21. The smallest absolute Gasteiger partial charge is 0.305 e. The summed E-state index contributed by atoms with van der Waals surface area (Å²) in [5.74, 6) is -1.11. The Labute approximate surface area is 119 Å². The number of amides is 1. The molecule has 0 spiro atoms. The average molecular weight is 306 g/mol. The Bertz CT molecular complexity index is 460. The molecule has 1 atom stereocenters. The maximum atomic E-state index is 12.2. The van der Waals surface area contributed by atoms with E-state index in [-0.39, 0.29) is 48.9 Å². The summed E-state index contributed by atoms with van der Waals surface area (Å²) in [6, 6.07) is -0.491. The van der Waals surface area contributed by atoms with E-state index in [0.29, 0.717) is 6.54 Å². The molecule has 1 aliphatic rings. The van der Waals surface area contributed by atoms with Gasteiger partial charge in [-0.1, -0.05) is 0 Å². The second-order valence-corrected chi connectivity index (χ2v) is 7.52. The van der Waals surface area contributed by atoms with Crippen LogP contribution in [-0.2, 0) is 19.4 Å². The van der Waals surface area contributed by atoms with E-state index in [4.69, 9.17) is 5.11 Å². The Kier molecular flexibility index (Phi) is 5.94. The summed E-state index contributed by atoms with van der Waals surface area (Å²) in [6.45, 7) is 4.12. The molecule has 0 bridgehead atoms. The summed E-state index contributed by atoms with van der Waals surface area (Å²) in [4.78, 5) is 24.3. The summed E-state index contributed by atoms with van der Waals surface area (Å²) in [6.07, 6.45) is -0.0304. The fraction of sp³-hybridized carbons (Fsp3) is 0.833. The van der Waals surface area contributed by atoms with Crippen molar-refractivity contribution >= 4 is 21.7 Å². The quantitative estimate of drug-likeness (QED) is 0.684. The van der Waals surface area contributed by atoms with E-state index >= 15 is 0 Å². The predicted octanol–water partition coefficient (Wildman–Crippen LogP) is -0.525. The number of carboxylic acid groups (broad SMARTS) is 1. The van der Waals surface area contributed by atoms with Gasteiger partial charge >= 0.3 is 5.97 Å². The molecule has 116 valence electrons. The molecule has 2 N–H and O–H groups in total. The standard InChI is InChI=1S/C12H22N2O5S/c1-9(2)14(5-3-12(16)17)11(15)7-10-8-20(18,19)6-4-13-10/h9-10,13H,3-8H2,1-2H3,(H,16,17). The van der Waals surface area contributed by atoms with Gasteiger partial charge in [0.15, 0.2) is 9.84 Å². The van der Waals surface area contributed by atoms with Gasteiger partial charge in [-0.25, -0.2) is 8.42 Å². The van der Waals surface area contributed by atoms with Crippen molar-refractivity contribution in [2.24, 2.45) is 0 Å². The van der Waals surface area contributed by atoms with Crippen molar-refractivity contribution in [3.8, 4) is 0 Å². The normalized spacial score (nSPS) is 21.6. The van der Waals surface area contributed by atoms with E-state index in [2.05, 4.69) is 5.32 Å². The monoisotopic (exact) mass is 306 g/mol. The minimum atomic E-state index is -3.08. The van der Waals surface area contributed by atoms with Crippen LogP contribution < -0.4 is 5.32 Å². The number of hydrogen-bond donors (Lipinski definition) is 2. The Hall–Kier alpha value is -1.15. The van der Waals surface area contributed by atoms with Gasteiger partial charge in [-0.05, 0) is 13.8 Å². The van der Waals surface area contributed by atoms with Gasteiger partial charge in [0.1, 0.15) is 0 Å². The minimum absolute atomic E-state index is 0.0381. The molecule has 0 aromatic heterocycles. The van der Waals surface area contributed by atoms with Gasteiger partial charge in [0.25, 0.3) is 0 Å². The van der Waals surface area contributed by atoms with Crippen molar-refractivity contribution in [3.63, 3.8) is 0 Å². The summed E-state index contributed by atoms with van der Waals surface area (Å²) in [5, 5.41) is 11.7. The number of sulfone groups is 1. The number of carbonyl (C=O) groups excluding carboxylic acids is 1. The molecule has 0 saturated carbocycles. The first kappa shape index (κ1) is 16.9. The van der Waals surface area contributed by atoms with Crippen molar-refractivity contribution < 1.29 is 23.1 Å². The highest BCUT2D eigenvalue weighted by molar-refractivity contribution is 7.91. The lowest BCUT2D eigenvalue weighted by atomic mass is 10.1. The van der Waals surface area contributed by atoms with E-state index in [9.17, 15) is 18.0 Å². The molecule has 1 heterocycles. The topological polar surface area (TPSA) is 104 Å². The maximum absolute atomic E-state index is 12.2. The summed E-state index contributed by atoms with van der Waals surface area (Å²) < 4.78 is 23.0. The van der Waals surface area contributed by atoms with Gasteiger partial charge in [0.05, 0.1) is 17.9 Å². The second-order valence-electron chi connectivity index (χ2n) is 5.29. The third-order valence-electron chi connectivity index (χ3n) is 3.23. The second kappa shape index (κ2) is 7.03. The minimum Gasteiger partial charge on any atom is -0.481 e. The van der Waals surface area contributed by atoms with Crippen LogP contribution in [-0.4, -0.2) is 67.0 Å². The number of nitrogens with zero attached hydrogens (tertiary/aromatic N) is 1. The average Bonchev–Trinajstić information content (AvgIpc) is 2.26. The van der Waals surface area contributed by atoms with Gasteiger partial charge < -0.3 is 15.3 Å². The summed E-state index contributed by atoms with van der Waals surface area (Å²) >= 11 is 0. The van der Waals surface area contributed by atoms with Gasteiger partial charge in [-0.3, -0.25) is 9.59 Å². The Morgan fingerprint density at radius 1 is 1.40 bits per heavy atom. The largest absolute Gasteiger partial charge is 0.481 e. The lowest BCUT2D eigenvalue weighted by molar-refractivity contribution is -0.139. The zero-order valence-corrected chi connectivity index (χ0v) is 12.6. The lowest BCUT2D eigenvalue weighted by Crippen LogP contribution is -2.49. The number of nitrogens with one attached hydrogen (secondary N) is 1. The third kappa shape index (κ3) is 5.46. The third-order valence-corrected chi connectivity index (χ3v) is 4.97. The molecule has 0 aromatic rings. The summed E-state index contributed by atoms with van der Waals surface area (Å²) in [5.41, 5.74) is 0. The van der Waals surface area contributed by atoms with E-state index < -0.39 is 15.8 Å². The van der Waals surface area contributed by atoms with Crippen molar-refractivity contribution in [1.82, 2.24) is 10.2 Å². The van der Waals surface area contributed by atoms with Crippen LogP contribution >= 0.6 is 0 Å². The SMILES string of the molecule is CC(C)N(CCC(=O)O)C(=O)CC1CS(=O)(=O)CCN1. The van der Waals surface area contributed by atoms with E-state index in [0.717, 1.165) is 0 Å². The molecular formula is C12H22N2O5S. The predicted molar refractivity (Wildman–Crippen MR) is 74.2 cm³/mol. The van der Waals surface area contributed by atoms with Gasteiger partial charge in [0.2, 0.25) is 5.91 Å². The number of hydrogen-bond acceptors (Lipinski definition) is 5. The van der Waals surface area contributed by atoms with Gasteiger partial charge in [-0.15, -0.1) is 0 Å². The molecule has 0 radical (unpaired) electrons. The van der Waals surface area contributed by atoms with Crippen molar-refractivity contribution in [2.75, 3.05) is 24.6 Å². The van der Waals surface area contributed by atoms with Crippen LogP contribution in [0.15, 0.2) is 0 Å². The van der Waals surface area contributed by atoms with Crippen LogP contribution in [0.4, 0.5) is 0 Å². The maximum Gasteiger partial charge on any atom is 0.305 e. The molecule has 8 heteroatoms. The number of rotatable bonds is 6. The van der Waals surface area contributed by atoms with Crippen molar-refractivity contribution in [1.29, 1.82) is 0 Å². The molecule has 1 amide bonds. The lowest BCUT2D eigenvalue weighted by Gasteiger charge is -2.29.